The number of carbonyl (C=O) groups is 1. The van der Waals surface area contributed by atoms with E-state index in [1.807, 2.05) is 4.90 Å². The summed E-state index contributed by atoms with van der Waals surface area (Å²) in [7, 11) is 1.76. The van der Waals surface area contributed by atoms with E-state index in [0.29, 0.717) is 11.9 Å². The molecule has 0 aromatic rings. The first kappa shape index (κ1) is 16.7. The Morgan fingerprint density at radius 3 is 2.57 bits per heavy atom. The van der Waals surface area contributed by atoms with E-state index in [0.717, 1.165) is 52.3 Å². The van der Waals surface area contributed by atoms with Crippen LogP contribution >= 0.6 is 0 Å². The molecule has 2 heterocycles. The molecule has 0 aromatic heterocycles. The van der Waals surface area contributed by atoms with E-state index in [2.05, 4.69) is 23.6 Å². The van der Waals surface area contributed by atoms with Crippen LogP contribution in [0.1, 0.15) is 33.1 Å². The van der Waals surface area contributed by atoms with Crippen molar-refractivity contribution < 1.29 is 9.53 Å². The molecule has 0 aromatic carbocycles. The van der Waals surface area contributed by atoms with E-state index in [4.69, 9.17) is 4.74 Å². The maximum atomic E-state index is 12.5. The van der Waals surface area contributed by atoms with Gasteiger partial charge in [0.2, 0.25) is 5.91 Å². The average Bonchev–Trinajstić information content (AvgIpc) is 3.05. The van der Waals surface area contributed by atoms with Crippen LogP contribution in [0.4, 0.5) is 0 Å². The van der Waals surface area contributed by atoms with Gasteiger partial charge in [0, 0.05) is 52.4 Å². The van der Waals surface area contributed by atoms with Crippen LogP contribution < -0.4 is 0 Å². The second-order valence-electron chi connectivity index (χ2n) is 6.29. The van der Waals surface area contributed by atoms with Gasteiger partial charge >= 0.3 is 0 Å². The summed E-state index contributed by atoms with van der Waals surface area (Å²) in [6, 6.07) is 0.574. The third-order valence-corrected chi connectivity index (χ3v) is 5.01. The summed E-state index contributed by atoms with van der Waals surface area (Å²) < 4.78 is 5.20. The van der Waals surface area contributed by atoms with Crippen molar-refractivity contribution in [2.75, 3.05) is 53.0 Å². The summed E-state index contributed by atoms with van der Waals surface area (Å²) in [5, 5.41) is 0. The van der Waals surface area contributed by atoms with Gasteiger partial charge in [-0.05, 0) is 26.2 Å². The van der Waals surface area contributed by atoms with Crippen LogP contribution in [0.25, 0.3) is 0 Å². The standard InChI is InChI=1S/C16H31N3O2/c1-4-15-13-19(10-9-17(15)11-12-21-3)14(2)16(20)18-7-5-6-8-18/h14-15H,4-13H2,1-3H3/t14-,15+/m0/s1. The fourth-order valence-electron chi connectivity index (χ4n) is 3.52. The van der Waals surface area contributed by atoms with Crippen LogP contribution in [-0.4, -0.2) is 85.7 Å². The van der Waals surface area contributed by atoms with Crippen LogP contribution in [-0.2, 0) is 9.53 Å². The molecule has 0 saturated carbocycles. The lowest BCUT2D eigenvalue weighted by Gasteiger charge is -2.43. The number of nitrogens with zero attached hydrogens (tertiary/aromatic N) is 3. The maximum Gasteiger partial charge on any atom is 0.239 e. The van der Waals surface area contributed by atoms with E-state index >= 15 is 0 Å². The first-order valence-corrected chi connectivity index (χ1v) is 8.43. The molecule has 5 heteroatoms. The fourth-order valence-corrected chi connectivity index (χ4v) is 3.52. The second-order valence-corrected chi connectivity index (χ2v) is 6.29. The number of amides is 1. The zero-order chi connectivity index (χ0) is 15.2. The number of rotatable bonds is 6. The molecular weight excluding hydrogens is 266 g/mol. The summed E-state index contributed by atoms with van der Waals surface area (Å²) in [6.45, 7) is 11.0. The highest BCUT2D eigenvalue weighted by atomic mass is 16.5. The monoisotopic (exact) mass is 297 g/mol. The molecule has 5 nitrogen and oxygen atoms in total. The number of hydrogen-bond acceptors (Lipinski definition) is 4. The average molecular weight is 297 g/mol. The van der Waals surface area contributed by atoms with Crippen molar-refractivity contribution in [1.29, 1.82) is 0 Å². The van der Waals surface area contributed by atoms with Crippen molar-refractivity contribution in [2.45, 2.75) is 45.2 Å². The first-order valence-electron chi connectivity index (χ1n) is 8.43. The van der Waals surface area contributed by atoms with Gasteiger partial charge in [-0.25, -0.2) is 0 Å². The molecule has 0 N–H and O–H groups in total. The molecule has 2 atom stereocenters. The highest BCUT2D eigenvalue weighted by Crippen LogP contribution is 2.18. The van der Waals surface area contributed by atoms with Gasteiger partial charge in [0.05, 0.1) is 12.6 Å². The lowest BCUT2D eigenvalue weighted by atomic mass is 10.1. The van der Waals surface area contributed by atoms with E-state index in [-0.39, 0.29) is 6.04 Å². The molecule has 21 heavy (non-hydrogen) atoms. The normalized spacial score (nSPS) is 26.2. The Kier molecular flexibility index (Phi) is 6.45. The van der Waals surface area contributed by atoms with Crippen molar-refractivity contribution >= 4 is 5.91 Å². The minimum atomic E-state index is 0.0294. The van der Waals surface area contributed by atoms with Gasteiger partial charge in [-0.2, -0.15) is 0 Å². The number of ether oxygens (including phenoxy) is 1. The topological polar surface area (TPSA) is 36.0 Å². The van der Waals surface area contributed by atoms with E-state index in [1.165, 1.54) is 12.8 Å². The number of methoxy groups -OCH3 is 1. The minimum absolute atomic E-state index is 0.0294. The van der Waals surface area contributed by atoms with Crippen LogP contribution in [0.5, 0.6) is 0 Å². The Hall–Kier alpha value is -0.650. The van der Waals surface area contributed by atoms with E-state index < -0.39 is 0 Å². The van der Waals surface area contributed by atoms with Crippen molar-refractivity contribution in [3.05, 3.63) is 0 Å². The van der Waals surface area contributed by atoms with Crippen molar-refractivity contribution in [3.8, 4) is 0 Å². The number of carbonyl (C=O) groups excluding carboxylic acids is 1. The van der Waals surface area contributed by atoms with Gasteiger partial charge in [0.15, 0.2) is 0 Å². The lowest BCUT2D eigenvalue weighted by Crippen LogP contribution is -2.58. The molecule has 2 aliphatic rings. The number of hydrogen-bond donors (Lipinski definition) is 0. The molecule has 0 spiro atoms. The Morgan fingerprint density at radius 2 is 1.95 bits per heavy atom. The number of piperazine rings is 1. The van der Waals surface area contributed by atoms with Crippen molar-refractivity contribution in [3.63, 3.8) is 0 Å². The molecule has 2 aliphatic heterocycles. The highest BCUT2D eigenvalue weighted by molar-refractivity contribution is 5.81. The summed E-state index contributed by atoms with van der Waals surface area (Å²) in [6.07, 6.45) is 3.46. The molecule has 2 fully saturated rings. The Balaban J connectivity index is 1.88. The molecule has 2 rings (SSSR count). The third kappa shape index (κ3) is 4.18. The predicted octanol–water partition coefficient (Wildman–Crippen LogP) is 1.04. The first-order chi connectivity index (χ1) is 10.2. The van der Waals surface area contributed by atoms with Gasteiger partial charge in [-0.15, -0.1) is 0 Å². The van der Waals surface area contributed by atoms with E-state index in [1.54, 1.807) is 7.11 Å². The van der Waals surface area contributed by atoms with Gasteiger partial charge < -0.3 is 9.64 Å². The second kappa shape index (κ2) is 8.11. The predicted molar refractivity (Wildman–Crippen MR) is 84.4 cm³/mol. The summed E-state index contributed by atoms with van der Waals surface area (Å²) in [5.74, 6) is 0.327. The molecular formula is C16H31N3O2. The maximum absolute atomic E-state index is 12.5. The molecule has 0 bridgehead atoms. The Morgan fingerprint density at radius 1 is 1.24 bits per heavy atom. The Bertz CT molecular complexity index is 331. The molecule has 0 unspecified atom stereocenters. The number of likely N-dealkylation sites (tertiary alicyclic amines) is 1. The third-order valence-electron chi connectivity index (χ3n) is 5.01. The zero-order valence-corrected chi connectivity index (χ0v) is 13.9. The lowest BCUT2D eigenvalue weighted by molar-refractivity contribution is -0.136. The van der Waals surface area contributed by atoms with Crippen LogP contribution in [0.15, 0.2) is 0 Å². The van der Waals surface area contributed by atoms with Crippen molar-refractivity contribution in [2.24, 2.45) is 0 Å². The van der Waals surface area contributed by atoms with Gasteiger partial charge in [0.1, 0.15) is 0 Å². The largest absolute Gasteiger partial charge is 0.383 e. The quantitative estimate of drug-likeness (QED) is 0.734. The smallest absolute Gasteiger partial charge is 0.239 e. The molecule has 0 aliphatic carbocycles. The summed E-state index contributed by atoms with van der Waals surface area (Å²) >= 11 is 0. The minimum Gasteiger partial charge on any atom is -0.383 e. The van der Waals surface area contributed by atoms with Gasteiger partial charge in [-0.1, -0.05) is 6.92 Å². The van der Waals surface area contributed by atoms with Gasteiger partial charge in [0.25, 0.3) is 0 Å². The Labute approximate surface area is 129 Å². The summed E-state index contributed by atoms with van der Waals surface area (Å²) in [5.41, 5.74) is 0. The molecule has 0 radical (unpaired) electrons. The van der Waals surface area contributed by atoms with E-state index in [9.17, 15) is 4.79 Å². The van der Waals surface area contributed by atoms with Crippen LogP contribution in [0, 0.1) is 0 Å². The zero-order valence-electron chi connectivity index (χ0n) is 13.9. The SMILES string of the molecule is CC[C@@H]1CN([C@@H](C)C(=O)N2CCCC2)CCN1CCOC. The fraction of sp³-hybridized carbons (Fsp3) is 0.938. The van der Waals surface area contributed by atoms with Gasteiger partial charge in [-0.3, -0.25) is 14.6 Å². The molecule has 2 saturated heterocycles. The van der Waals surface area contributed by atoms with Crippen LogP contribution in [0.3, 0.4) is 0 Å². The summed E-state index contributed by atoms with van der Waals surface area (Å²) in [4.78, 5) is 19.5. The molecule has 1 amide bonds. The highest BCUT2D eigenvalue weighted by Gasteiger charge is 2.33. The van der Waals surface area contributed by atoms with Crippen LogP contribution in [0.2, 0.25) is 0 Å². The molecule has 122 valence electrons. The van der Waals surface area contributed by atoms with Crippen molar-refractivity contribution in [1.82, 2.24) is 14.7 Å².